The Morgan fingerprint density at radius 2 is 1.79 bits per heavy atom. The first-order valence-corrected chi connectivity index (χ1v) is 15.8. The minimum Gasteiger partial charge on any atom is -0.383 e. The summed E-state index contributed by atoms with van der Waals surface area (Å²) in [6, 6.07) is 7.98. The van der Waals surface area contributed by atoms with Crippen molar-refractivity contribution >= 4 is 29.0 Å². The number of rotatable bonds is 6. The predicted molar refractivity (Wildman–Crippen MR) is 167 cm³/mol. The Balaban J connectivity index is 1.02. The van der Waals surface area contributed by atoms with Gasteiger partial charge in [-0.25, -0.2) is 9.37 Å². The van der Waals surface area contributed by atoms with Gasteiger partial charge in [-0.1, -0.05) is 12.2 Å². The Hall–Kier alpha value is -4.12. The van der Waals surface area contributed by atoms with E-state index in [1.165, 1.54) is 37.6 Å². The Labute approximate surface area is 251 Å². The number of aromatic nitrogens is 4. The summed E-state index contributed by atoms with van der Waals surface area (Å²) < 4.78 is 16.9. The zero-order chi connectivity index (χ0) is 29.0. The topological polar surface area (TPSA) is 103 Å². The summed E-state index contributed by atoms with van der Waals surface area (Å²) >= 11 is 0. The van der Waals surface area contributed by atoms with Crippen LogP contribution in [-0.2, 0) is 11.8 Å². The molecule has 0 amide bonds. The minimum atomic E-state index is -0.246. The number of nitrogen functional groups attached to an aromatic ring is 1. The van der Waals surface area contributed by atoms with E-state index in [0.717, 1.165) is 69.7 Å². The summed E-state index contributed by atoms with van der Waals surface area (Å²) in [6.07, 6.45) is 16.6. The molecule has 43 heavy (non-hydrogen) atoms. The van der Waals surface area contributed by atoms with Gasteiger partial charge in [-0.05, 0) is 87.9 Å². The molecular formula is C32H39FN10. The van der Waals surface area contributed by atoms with Crippen LogP contribution in [0.15, 0.2) is 48.8 Å². The molecule has 1 aromatic carbocycles. The molecule has 8 heterocycles. The molecule has 6 aliphatic heterocycles. The van der Waals surface area contributed by atoms with E-state index in [1.54, 1.807) is 4.68 Å². The number of nitrogens with two attached hydrogens (primary N) is 1. The van der Waals surface area contributed by atoms with Crippen LogP contribution in [0.5, 0.6) is 0 Å². The molecule has 6 aliphatic rings. The van der Waals surface area contributed by atoms with Gasteiger partial charge < -0.3 is 31.1 Å². The molecule has 224 valence electrons. The number of allylic oxidation sites excluding steroid dienone is 2. The van der Waals surface area contributed by atoms with Crippen LogP contribution in [0.3, 0.4) is 0 Å². The lowest BCUT2D eigenvalue weighted by atomic mass is 9.73. The number of halogens is 1. The minimum absolute atomic E-state index is 0.194. The van der Waals surface area contributed by atoms with Crippen LogP contribution in [0, 0.1) is 5.82 Å². The van der Waals surface area contributed by atoms with Crippen molar-refractivity contribution in [2.75, 3.05) is 60.5 Å². The van der Waals surface area contributed by atoms with E-state index in [9.17, 15) is 0 Å². The van der Waals surface area contributed by atoms with E-state index in [0.29, 0.717) is 29.2 Å². The van der Waals surface area contributed by atoms with Crippen LogP contribution in [0.25, 0.3) is 5.82 Å². The first-order chi connectivity index (χ1) is 21.0. The largest absolute Gasteiger partial charge is 0.383 e. The number of benzene rings is 1. The van der Waals surface area contributed by atoms with Gasteiger partial charge in [0.05, 0.1) is 17.1 Å². The van der Waals surface area contributed by atoms with E-state index in [1.807, 2.05) is 12.1 Å². The summed E-state index contributed by atoms with van der Waals surface area (Å²) in [5.74, 6) is 0.923. The van der Waals surface area contributed by atoms with E-state index in [2.05, 4.69) is 66.0 Å². The van der Waals surface area contributed by atoms with Gasteiger partial charge in [-0.2, -0.15) is 9.67 Å². The standard InChI is InChI=1S/C32H39FN10/c33-25-20-22(5-6-27(25)42-15-7-23(8-16-42)41-13-1-2-14-41)36-31-38-30(34)43(39-31)28-21-24(29-26(37-28)4-3-12-35-29)32-9-17-40(18-10-32)19-11-32/h5-6,9-10,17-18,20-21,23,35H,1-4,7-8,11-16,19H2,(H3,34,36,38,39). The SMILES string of the molecule is Nc1nc(Nc2ccc(N3CCC(N4CCCC4)CC3)c(F)c2)nn1-c1cc(C23C=CN(C=C2)CC3)c2c(n1)CCCN2. The van der Waals surface area contributed by atoms with Crippen molar-refractivity contribution in [3.8, 4) is 5.82 Å². The highest BCUT2D eigenvalue weighted by molar-refractivity contribution is 5.66. The molecule has 11 heteroatoms. The summed E-state index contributed by atoms with van der Waals surface area (Å²) in [7, 11) is 0. The lowest BCUT2D eigenvalue weighted by molar-refractivity contribution is 0.207. The first-order valence-electron chi connectivity index (χ1n) is 15.8. The lowest BCUT2D eigenvalue weighted by Crippen LogP contribution is -2.44. The monoisotopic (exact) mass is 582 g/mol. The molecule has 0 radical (unpaired) electrons. The second-order valence-electron chi connectivity index (χ2n) is 12.5. The maximum atomic E-state index is 15.3. The van der Waals surface area contributed by atoms with E-state index in [4.69, 9.17) is 10.7 Å². The molecule has 10 nitrogen and oxygen atoms in total. The van der Waals surface area contributed by atoms with Crippen molar-refractivity contribution in [2.24, 2.45) is 0 Å². The Bertz CT molecular complexity index is 1570. The fourth-order valence-corrected chi connectivity index (χ4v) is 7.51. The summed E-state index contributed by atoms with van der Waals surface area (Å²) in [6.45, 7) is 6.09. The molecule has 9 rings (SSSR count). The summed E-state index contributed by atoms with van der Waals surface area (Å²) in [5, 5.41) is 11.4. The van der Waals surface area contributed by atoms with Crippen LogP contribution in [-0.4, -0.2) is 74.9 Å². The van der Waals surface area contributed by atoms with Crippen molar-refractivity contribution < 1.29 is 4.39 Å². The van der Waals surface area contributed by atoms with Crippen molar-refractivity contribution in [1.82, 2.24) is 29.5 Å². The third kappa shape index (κ3) is 4.79. The molecule has 3 aromatic rings. The molecule has 0 aliphatic carbocycles. The molecule has 0 unspecified atom stereocenters. The Morgan fingerprint density at radius 1 is 0.977 bits per heavy atom. The van der Waals surface area contributed by atoms with Crippen molar-refractivity contribution in [3.05, 3.63) is 65.9 Å². The molecule has 0 spiro atoms. The highest BCUT2D eigenvalue weighted by Crippen LogP contribution is 2.44. The van der Waals surface area contributed by atoms with Crippen LogP contribution in [0.1, 0.15) is 49.8 Å². The molecule has 2 fully saturated rings. The number of anilines is 5. The third-order valence-electron chi connectivity index (χ3n) is 9.90. The predicted octanol–water partition coefficient (Wildman–Crippen LogP) is 4.53. The number of likely N-dealkylation sites (tertiary alicyclic amines) is 1. The van der Waals surface area contributed by atoms with Crippen LogP contribution < -0.4 is 21.3 Å². The van der Waals surface area contributed by atoms with Gasteiger partial charge in [0, 0.05) is 55.7 Å². The highest BCUT2D eigenvalue weighted by atomic mass is 19.1. The van der Waals surface area contributed by atoms with Crippen LogP contribution in [0.4, 0.5) is 33.3 Å². The van der Waals surface area contributed by atoms with Gasteiger partial charge in [0.25, 0.3) is 0 Å². The first kappa shape index (κ1) is 26.5. The number of hydrogen-bond acceptors (Lipinski definition) is 9. The van der Waals surface area contributed by atoms with E-state index >= 15 is 4.39 Å². The number of fused-ring (bicyclic) bond motifs is 2. The Kier molecular flexibility index (Phi) is 6.50. The summed E-state index contributed by atoms with van der Waals surface area (Å²) in [5.41, 5.74) is 10.8. The maximum absolute atomic E-state index is 15.3. The average molecular weight is 583 g/mol. The molecule has 4 N–H and O–H groups in total. The van der Waals surface area contributed by atoms with Crippen LogP contribution >= 0.6 is 0 Å². The van der Waals surface area contributed by atoms with Crippen molar-refractivity contribution in [2.45, 2.75) is 56.4 Å². The lowest BCUT2D eigenvalue weighted by Gasteiger charge is -2.41. The van der Waals surface area contributed by atoms with Gasteiger partial charge in [0.2, 0.25) is 11.9 Å². The molecule has 2 bridgehead atoms. The van der Waals surface area contributed by atoms with Gasteiger partial charge in [-0.15, -0.1) is 5.10 Å². The van der Waals surface area contributed by atoms with Gasteiger partial charge >= 0.3 is 0 Å². The van der Waals surface area contributed by atoms with Crippen LogP contribution in [0.2, 0.25) is 0 Å². The number of nitrogens with zero attached hydrogens (tertiary/aromatic N) is 7. The maximum Gasteiger partial charge on any atom is 0.248 e. The number of pyridine rings is 1. The third-order valence-corrected chi connectivity index (χ3v) is 9.90. The molecular weight excluding hydrogens is 543 g/mol. The zero-order valence-electron chi connectivity index (χ0n) is 24.5. The van der Waals surface area contributed by atoms with Gasteiger partial charge in [0.1, 0.15) is 5.82 Å². The normalized spacial score (nSPS) is 21.3. The highest BCUT2D eigenvalue weighted by Gasteiger charge is 2.37. The zero-order valence-corrected chi connectivity index (χ0v) is 24.5. The summed E-state index contributed by atoms with van der Waals surface area (Å²) in [4.78, 5) is 16.4. The second kappa shape index (κ2) is 10.6. The average Bonchev–Trinajstić information content (AvgIpc) is 3.72. The molecule has 2 aromatic heterocycles. The van der Waals surface area contributed by atoms with Crippen molar-refractivity contribution in [3.63, 3.8) is 0 Å². The number of hydrogen-bond donors (Lipinski definition) is 3. The van der Waals surface area contributed by atoms with Gasteiger partial charge in [0.15, 0.2) is 5.82 Å². The van der Waals surface area contributed by atoms with Crippen molar-refractivity contribution in [1.29, 1.82) is 0 Å². The Morgan fingerprint density at radius 3 is 2.53 bits per heavy atom. The second-order valence-corrected chi connectivity index (χ2v) is 12.5. The molecule has 0 atom stereocenters. The fraction of sp³-hybridized carbons (Fsp3) is 0.469. The molecule has 2 saturated heterocycles. The fourth-order valence-electron chi connectivity index (χ4n) is 7.51. The number of nitrogens with one attached hydrogen (secondary N) is 2. The quantitative estimate of drug-likeness (QED) is 0.387. The number of aryl methyl sites for hydroxylation is 1. The van der Waals surface area contributed by atoms with E-state index < -0.39 is 0 Å². The smallest absolute Gasteiger partial charge is 0.248 e. The van der Waals surface area contributed by atoms with Gasteiger partial charge in [-0.3, -0.25) is 0 Å². The number of piperidine rings is 1. The molecule has 0 saturated carbocycles. The van der Waals surface area contributed by atoms with E-state index in [-0.39, 0.29) is 17.2 Å².